The van der Waals surface area contributed by atoms with Gasteiger partial charge in [-0.2, -0.15) is 0 Å². The molecule has 3 nitrogen and oxygen atoms in total. The summed E-state index contributed by atoms with van der Waals surface area (Å²) in [5, 5.41) is 1.53. The van der Waals surface area contributed by atoms with E-state index in [1.54, 1.807) is 35.1 Å². The van der Waals surface area contributed by atoms with Gasteiger partial charge in [0.1, 0.15) is 10.6 Å². The van der Waals surface area contributed by atoms with Crippen LogP contribution in [0, 0.1) is 5.82 Å². The average molecular weight is 346 g/mol. The maximum atomic E-state index is 13.0. The molecule has 0 bridgehead atoms. The van der Waals surface area contributed by atoms with E-state index in [0.29, 0.717) is 10.9 Å². The molecule has 4 rings (SSSR count). The van der Waals surface area contributed by atoms with Crippen molar-refractivity contribution in [3.8, 4) is 0 Å². The van der Waals surface area contributed by atoms with E-state index in [2.05, 4.69) is 0 Å². The summed E-state index contributed by atoms with van der Waals surface area (Å²) in [7, 11) is 1.78. The highest BCUT2D eigenvalue weighted by molar-refractivity contribution is 7.98. The Hall–Kier alpha value is -1.66. The standard InChI is InChI=1S/C17H15FN2OS2/c1-20-16(21)14-12-3-2-4-13(12)23-15(14)19-17(20)22-9-10-5-7-11(18)8-6-10/h5-8H,2-4,9H2,1H3. The fourth-order valence-corrected chi connectivity index (χ4v) is 5.19. The molecule has 0 saturated heterocycles. The Bertz CT molecular complexity index is 944. The van der Waals surface area contributed by atoms with Crippen LogP contribution in [0.15, 0.2) is 34.2 Å². The molecular formula is C17H15FN2OS2. The van der Waals surface area contributed by atoms with E-state index in [0.717, 1.165) is 35.0 Å². The minimum atomic E-state index is -0.237. The van der Waals surface area contributed by atoms with Gasteiger partial charge in [-0.3, -0.25) is 9.36 Å². The SMILES string of the molecule is Cn1c(SCc2ccc(F)cc2)nc2sc3c(c2c1=O)CCC3. The Morgan fingerprint density at radius 1 is 1.30 bits per heavy atom. The van der Waals surface area contributed by atoms with E-state index in [1.807, 2.05) is 0 Å². The minimum absolute atomic E-state index is 0.0519. The van der Waals surface area contributed by atoms with E-state index in [9.17, 15) is 9.18 Å². The Labute approximate surface area is 141 Å². The highest BCUT2D eigenvalue weighted by atomic mass is 32.2. The molecule has 1 aliphatic carbocycles. The lowest BCUT2D eigenvalue weighted by Crippen LogP contribution is -2.20. The molecule has 23 heavy (non-hydrogen) atoms. The smallest absolute Gasteiger partial charge is 0.262 e. The first-order chi connectivity index (χ1) is 11.1. The van der Waals surface area contributed by atoms with Crippen LogP contribution >= 0.6 is 23.1 Å². The number of thiophene rings is 1. The Morgan fingerprint density at radius 3 is 2.87 bits per heavy atom. The van der Waals surface area contributed by atoms with E-state index >= 15 is 0 Å². The van der Waals surface area contributed by atoms with E-state index in [1.165, 1.54) is 34.3 Å². The van der Waals surface area contributed by atoms with E-state index < -0.39 is 0 Å². The van der Waals surface area contributed by atoms with Crippen molar-refractivity contribution < 1.29 is 4.39 Å². The first-order valence-corrected chi connectivity index (χ1v) is 9.32. The van der Waals surface area contributed by atoms with Crippen molar-refractivity contribution in [3.63, 3.8) is 0 Å². The van der Waals surface area contributed by atoms with E-state index in [-0.39, 0.29) is 11.4 Å². The number of halogens is 1. The third kappa shape index (κ3) is 2.60. The van der Waals surface area contributed by atoms with Gasteiger partial charge >= 0.3 is 0 Å². The van der Waals surface area contributed by atoms with Crippen LogP contribution in [-0.4, -0.2) is 9.55 Å². The summed E-state index contributed by atoms with van der Waals surface area (Å²) in [5.41, 5.74) is 2.28. The molecule has 0 radical (unpaired) electrons. The molecule has 0 aliphatic heterocycles. The number of rotatable bonds is 3. The van der Waals surface area contributed by atoms with Gasteiger partial charge in [0.05, 0.1) is 5.39 Å². The quantitative estimate of drug-likeness (QED) is 0.533. The number of aryl methyl sites for hydroxylation is 2. The number of benzene rings is 1. The Balaban J connectivity index is 1.69. The van der Waals surface area contributed by atoms with E-state index in [4.69, 9.17) is 4.98 Å². The predicted octanol–water partition coefficient (Wildman–Crippen LogP) is 3.92. The lowest BCUT2D eigenvalue weighted by Gasteiger charge is -2.07. The Kier molecular flexibility index (Phi) is 3.73. The topological polar surface area (TPSA) is 34.9 Å². The van der Waals surface area contributed by atoms with Gasteiger partial charge in [0, 0.05) is 17.7 Å². The summed E-state index contributed by atoms with van der Waals surface area (Å²) in [5.74, 6) is 0.427. The van der Waals surface area contributed by atoms with Crippen LogP contribution in [0.25, 0.3) is 10.2 Å². The third-order valence-corrected chi connectivity index (χ3v) is 6.47. The maximum absolute atomic E-state index is 13.0. The number of thioether (sulfide) groups is 1. The number of nitrogens with zero attached hydrogens (tertiary/aromatic N) is 2. The zero-order valence-electron chi connectivity index (χ0n) is 12.6. The van der Waals surface area contributed by atoms with Gasteiger partial charge in [-0.15, -0.1) is 11.3 Å². The maximum Gasteiger partial charge on any atom is 0.262 e. The first kappa shape index (κ1) is 14.9. The fraction of sp³-hybridized carbons (Fsp3) is 0.294. The summed E-state index contributed by atoms with van der Waals surface area (Å²) in [6.45, 7) is 0. The number of hydrogen-bond donors (Lipinski definition) is 0. The molecule has 0 atom stereocenters. The summed E-state index contributed by atoms with van der Waals surface area (Å²) >= 11 is 3.17. The van der Waals surface area contributed by atoms with Gasteiger partial charge < -0.3 is 0 Å². The summed E-state index contributed by atoms with van der Waals surface area (Å²) in [4.78, 5) is 19.6. The summed E-state index contributed by atoms with van der Waals surface area (Å²) in [6, 6.07) is 6.43. The van der Waals surface area contributed by atoms with Crippen LogP contribution in [0.3, 0.4) is 0 Å². The van der Waals surface area contributed by atoms with Crippen molar-refractivity contribution in [3.05, 3.63) is 56.4 Å². The number of hydrogen-bond acceptors (Lipinski definition) is 4. The second kappa shape index (κ2) is 5.76. The van der Waals surface area contributed by atoms with Crippen molar-refractivity contribution in [1.82, 2.24) is 9.55 Å². The van der Waals surface area contributed by atoms with Crippen molar-refractivity contribution in [2.75, 3.05) is 0 Å². The molecule has 0 N–H and O–H groups in total. The number of aromatic nitrogens is 2. The van der Waals surface area contributed by atoms with Crippen LogP contribution in [0.2, 0.25) is 0 Å². The van der Waals surface area contributed by atoms with Gasteiger partial charge in [0.15, 0.2) is 5.16 Å². The molecule has 2 heterocycles. The molecule has 0 fully saturated rings. The molecular weight excluding hydrogens is 331 g/mol. The molecule has 0 saturated carbocycles. The van der Waals surface area contributed by atoms with Gasteiger partial charge in [-0.1, -0.05) is 23.9 Å². The molecule has 118 valence electrons. The highest BCUT2D eigenvalue weighted by Crippen LogP contribution is 2.35. The summed E-state index contributed by atoms with van der Waals surface area (Å²) in [6.07, 6.45) is 3.20. The lowest BCUT2D eigenvalue weighted by molar-refractivity contribution is 0.627. The lowest BCUT2D eigenvalue weighted by atomic mass is 10.2. The monoisotopic (exact) mass is 346 g/mol. The van der Waals surface area contributed by atoms with Crippen LogP contribution in [0.5, 0.6) is 0 Å². The molecule has 2 aromatic heterocycles. The highest BCUT2D eigenvalue weighted by Gasteiger charge is 2.22. The van der Waals surface area contributed by atoms with Crippen LogP contribution in [0.1, 0.15) is 22.4 Å². The van der Waals surface area contributed by atoms with Crippen molar-refractivity contribution in [1.29, 1.82) is 0 Å². The molecule has 1 aliphatic rings. The predicted molar refractivity (Wildman–Crippen MR) is 92.8 cm³/mol. The number of fused-ring (bicyclic) bond motifs is 3. The molecule has 6 heteroatoms. The third-order valence-electron chi connectivity index (χ3n) is 4.19. The zero-order chi connectivity index (χ0) is 16.0. The molecule has 0 spiro atoms. The van der Waals surface area contributed by atoms with Crippen LogP contribution in [-0.2, 0) is 25.6 Å². The van der Waals surface area contributed by atoms with Crippen molar-refractivity contribution in [2.45, 2.75) is 30.2 Å². The largest absolute Gasteiger partial charge is 0.290 e. The Morgan fingerprint density at radius 2 is 2.09 bits per heavy atom. The van der Waals surface area contributed by atoms with Crippen LogP contribution < -0.4 is 5.56 Å². The molecule has 0 unspecified atom stereocenters. The first-order valence-electron chi connectivity index (χ1n) is 7.52. The second-order valence-electron chi connectivity index (χ2n) is 5.71. The molecule has 3 aromatic rings. The summed E-state index contributed by atoms with van der Waals surface area (Å²) < 4.78 is 14.6. The molecule has 1 aromatic carbocycles. The zero-order valence-corrected chi connectivity index (χ0v) is 14.3. The normalized spacial score (nSPS) is 13.7. The molecule has 0 amide bonds. The van der Waals surface area contributed by atoms with Crippen LogP contribution in [0.4, 0.5) is 4.39 Å². The fourth-order valence-electron chi connectivity index (χ4n) is 2.96. The minimum Gasteiger partial charge on any atom is -0.290 e. The van der Waals surface area contributed by atoms with Gasteiger partial charge in [0.25, 0.3) is 5.56 Å². The van der Waals surface area contributed by atoms with Gasteiger partial charge in [-0.05, 0) is 42.5 Å². The second-order valence-corrected chi connectivity index (χ2v) is 7.74. The van der Waals surface area contributed by atoms with Crippen molar-refractivity contribution in [2.24, 2.45) is 7.05 Å². The van der Waals surface area contributed by atoms with Gasteiger partial charge in [-0.25, -0.2) is 9.37 Å². The van der Waals surface area contributed by atoms with Gasteiger partial charge in [0.2, 0.25) is 0 Å². The average Bonchev–Trinajstić information content (AvgIpc) is 3.11. The van der Waals surface area contributed by atoms with Crippen molar-refractivity contribution >= 4 is 33.3 Å².